The lowest BCUT2D eigenvalue weighted by atomic mass is 10.3. The molecule has 2 heterocycles. The first-order valence-corrected chi connectivity index (χ1v) is 5.24. The molecule has 3 rings (SSSR count). The zero-order valence-corrected chi connectivity index (χ0v) is 9.00. The molecule has 0 atom stereocenters. The van der Waals surface area contributed by atoms with Gasteiger partial charge in [0.25, 0.3) is 0 Å². The molecule has 0 amide bonds. The molecule has 6 nitrogen and oxygen atoms in total. The monoisotopic (exact) mass is 229 g/mol. The highest BCUT2D eigenvalue weighted by Crippen LogP contribution is 2.15. The standard InChI is InChI=1S/C11H11N5O/c17-11-13-5-6-15(11)9-1-3-10(4-2-9)16-8-12-7-14-16/h1-6,8,14H,7H2,(H,13,17). The van der Waals surface area contributed by atoms with Gasteiger partial charge in [-0.3, -0.25) is 14.6 Å². The average Bonchev–Trinajstić information content (AvgIpc) is 3.00. The van der Waals surface area contributed by atoms with Crippen LogP contribution < -0.4 is 16.1 Å². The van der Waals surface area contributed by atoms with Crippen molar-refractivity contribution in [2.45, 2.75) is 0 Å². The Morgan fingerprint density at radius 3 is 2.53 bits per heavy atom. The lowest BCUT2D eigenvalue weighted by Crippen LogP contribution is -2.31. The molecule has 1 aromatic heterocycles. The van der Waals surface area contributed by atoms with Gasteiger partial charge < -0.3 is 4.98 Å². The van der Waals surface area contributed by atoms with E-state index in [9.17, 15) is 4.79 Å². The van der Waals surface area contributed by atoms with Crippen LogP contribution in [0.15, 0.2) is 46.4 Å². The minimum absolute atomic E-state index is 0.140. The second-order valence-corrected chi connectivity index (χ2v) is 3.64. The molecule has 0 spiro atoms. The first-order chi connectivity index (χ1) is 8.34. The minimum atomic E-state index is -0.140. The van der Waals surface area contributed by atoms with E-state index in [1.54, 1.807) is 23.3 Å². The number of nitrogens with one attached hydrogen (secondary N) is 2. The first-order valence-electron chi connectivity index (χ1n) is 5.24. The van der Waals surface area contributed by atoms with Crippen LogP contribution in [-0.4, -0.2) is 22.6 Å². The van der Waals surface area contributed by atoms with Crippen molar-refractivity contribution in [1.82, 2.24) is 15.0 Å². The average molecular weight is 229 g/mol. The Labute approximate surface area is 97.2 Å². The first kappa shape index (κ1) is 9.86. The van der Waals surface area contributed by atoms with Gasteiger partial charge in [0.05, 0.1) is 11.4 Å². The summed E-state index contributed by atoms with van der Waals surface area (Å²) < 4.78 is 1.55. The molecule has 1 aliphatic heterocycles. The molecule has 2 N–H and O–H groups in total. The number of anilines is 1. The van der Waals surface area contributed by atoms with Crippen LogP contribution in [0.3, 0.4) is 0 Å². The van der Waals surface area contributed by atoms with Crippen LogP contribution in [0.2, 0.25) is 0 Å². The van der Waals surface area contributed by atoms with Gasteiger partial charge >= 0.3 is 5.69 Å². The predicted molar refractivity (Wildman–Crippen MR) is 65.4 cm³/mol. The SMILES string of the molecule is O=c1[nH]ccn1-c1ccc(N2C=NCN2)cc1. The van der Waals surface area contributed by atoms with E-state index in [2.05, 4.69) is 15.4 Å². The fourth-order valence-electron chi connectivity index (χ4n) is 1.74. The molecule has 0 unspecified atom stereocenters. The third kappa shape index (κ3) is 1.74. The second kappa shape index (κ2) is 3.91. The number of hydrogen-bond acceptors (Lipinski definition) is 4. The summed E-state index contributed by atoms with van der Waals surface area (Å²) in [6, 6.07) is 7.63. The topological polar surface area (TPSA) is 65.4 Å². The summed E-state index contributed by atoms with van der Waals surface area (Å²) >= 11 is 0. The second-order valence-electron chi connectivity index (χ2n) is 3.64. The van der Waals surface area contributed by atoms with E-state index in [0.717, 1.165) is 11.4 Å². The molecule has 6 heteroatoms. The molecule has 2 aromatic rings. The maximum atomic E-state index is 11.4. The lowest BCUT2D eigenvalue weighted by molar-refractivity contribution is 0.797. The van der Waals surface area contributed by atoms with Crippen molar-refractivity contribution in [2.24, 2.45) is 4.99 Å². The predicted octanol–water partition coefficient (Wildman–Crippen LogP) is 0.476. The van der Waals surface area contributed by atoms with E-state index in [0.29, 0.717) is 6.67 Å². The quantitative estimate of drug-likeness (QED) is 0.787. The van der Waals surface area contributed by atoms with E-state index in [1.165, 1.54) is 0 Å². The zero-order chi connectivity index (χ0) is 11.7. The fraction of sp³-hybridized carbons (Fsp3) is 0.0909. The number of imidazole rings is 1. The van der Waals surface area contributed by atoms with Crippen molar-refractivity contribution in [3.63, 3.8) is 0 Å². The molecule has 0 saturated heterocycles. The number of aromatic nitrogens is 2. The van der Waals surface area contributed by atoms with Crippen LogP contribution in [0.1, 0.15) is 0 Å². The summed E-state index contributed by atoms with van der Waals surface area (Å²) in [4.78, 5) is 18.1. The van der Waals surface area contributed by atoms with Crippen molar-refractivity contribution in [2.75, 3.05) is 11.7 Å². The van der Waals surface area contributed by atoms with Crippen LogP contribution in [-0.2, 0) is 0 Å². The van der Waals surface area contributed by atoms with Crippen LogP contribution in [0.4, 0.5) is 5.69 Å². The van der Waals surface area contributed by atoms with Crippen molar-refractivity contribution < 1.29 is 0 Å². The van der Waals surface area contributed by atoms with Crippen LogP contribution in [0, 0.1) is 0 Å². The number of rotatable bonds is 2. The normalized spacial score (nSPS) is 14.5. The summed E-state index contributed by atoms with van der Waals surface area (Å²) in [6.07, 6.45) is 5.05. The molecule has 0 aliphatic carbocycles. The largest absolute Gasteiger partial charge is 0.330 e. The molecule has 1 aromatic carbocycles. The summed E-state index contributed by atoms with van der Waals surface area (Å²) in [5.41, 5.74) is 4.75. The number of H-pyrrole nitrogens is 1. The maximum absolute atomic E-state index is 11.4. The third-order valence-electron chi connectivity index (χ3n) is 2.58. The van der Waals surface area contributed by atoms with Gasteiger partial charge in [0.15, 0.2) is 0 Å². The lowest BCUT2D eigenvalue weighted by Gasteiger charge is -2.14. The van der Waals surface area contributed by atoms with Gasteiger partial charge in [0.2, 0.25) is 0 Å². The summed E-state index contributed by atoms with van der Waals surface area (Å²) in [7, 11) is 0. The van der Waals surface area contributed by atoms with Crippen LogP contribution in [0.25, 0.3) is 5.69 Å². The van der Waals surface area contributed by atoms with Gasteiger partial charge in [-0.25, -0.2) is 10.2 Å². The van der Waals surface area contributed by atoms with Crippen LogP contribution >= 0.6 is 0 Å². The number of benzene rings is 1. The molecule has 0 saturated carbocycles. The van der Waals surface area contributed by atoms with Gasteiger partial charge in [-0.1, -0.05) is 0 Å². The Morgan fingerprint density at radius 1 is 1.18 bits per heavy atom. The fourth-order valence-corrected chi connectivity index (χ4v) is 1.74. The minimum Gasteiger partial charge on any atom is -0.312 e. The van der Waals surface area contributed by atoms with Crippen LogP contribution in [0.5, 0.6) is 0 Å². The smallest absolute Gasteiger partial charge is 0.312 e. The molecule has 1 aliphatic rings. The highest BCUT2D eigenvalue weighted by molar-refractivity contribution is 5.79. The Morgan fingerprint density at radius 2 is 1.94 bits per heavy atom. The van der Waals surface area contributed by atoms with Crippen molar-refractivity contribution in [3.8, 4) is 5.69 Å². The summed E-state index contributed by atoms with van der Waals surface area (Å²) in [5, 5.41) is 1.84. The van der Waals surface area contributed by atoms with E-state index in [4.69, 9.17) is 0 Å². The Kier molecular flexibility index (Phi) is 2.27. The van der Waals surface area contributed by atoms with Crippen molar-refractivity contribution >= 4 is 12.0 Å². The van der Waals surface area contributed by atoms with Gasteiger partial charge in [-0.05, 0) is 24.3 Å². The number of nitrogens with zero attached hydrogens (tertiary/aromatic N) is 3. The Balaban J connectivity index is 1.92. The van der Waals surface area contributed by atoms with Gasteiger partial charge in [-0.15, -0.1) is 0 Å². The molecule has 86 valence electrons. The van der Waals surface area contributed by atoms with Crippen molar-refractivity contribution in [3.05, 3.63) is 47.1 Å². The molecule has 0 fully saturated rings. The number of hydrogen-bond donors (Lipinski definition) is 2. The molecular weight excluding hydrogens is 218 g/mol. The van der Waals surface area contributed by atoms with E-state index >= 15 is 0 Å². The Bertz CT molecular complexity index is 595. The van der Waals surface area contributed by atoms with E-state index in [1.807, 2.05) is 29.3 Å². The third-order valence-corrected chi connectivity index (χ3v) is 2.58. The van der Waals surface area contributed by atoms with E-state index in [-0.39, 0.29) is 5.69 Å². The highest BCUT2D eigenvalue weighted by atomic mass is 16.1. The number of hydrazine groups is 1. The summed E-state index contributed by atoms with van der Waals surface area (Å²) in [5.74, 6) is 0. The van der Waals surface area contributed by atoms with Gasteiger partial charge in [0.1, 0.15) is 13.0 Å². The summed E-state index contributed by atoms with van der Waals surface area (Å²) in [6.45, 7) is 0.596. The zero-order valence-electron chi connectivity index (χ0n) is 9.00. The van der Waals surface area contributed by atoms with Gasteiger partial charge in [-0.2, -0.15) is 0 Å². The van der Waals surface area contributed by atoms with Gasteiger partial charge in [0, 0.05) is 12.4 Å². The highest BCUT2D eigenvalue weighted by Gasteiger charge is 2.07. The van der Waals surface area contributed by atoms with Crippen molar-refractivity contribution in [1.29, 1.82) is 0 Å². The molecule has 0 radical (unpaired) electrons. The maximum Gasteiger partial charge on any atom is 0.330 e. The molecule has 0 bridgehead atoms. The Hall–Kier alpha value is -2.34. The number of aromatic amines is 1. The number of aliphatic imine (C=N–C) groups is 1. The molecular formula is C11H11N5O. The van der Waals surface area contributed by atoms with E-state index < -0.39 is 0 Å². The molecule has 17 heavy (non-hydrogen) atoms.